The second-order valence-corrected chi connectivity index (χ2v) is 5.69. The molecule has 0 aromatic heterocycles. The Balaban J connectivity index is 1.89. The molecule has 0 atom stereocenters. The van der Waals surface area contributed by atoms with Crippen molar-refractivity contribution in [2.75, 3.05) is 13.2 Å². The van der Waals surface area contributed by atoms with E-state index in [0.29, 0.717) is 31.6 Å². The summed E-state index contributed by atoms with van der Waals surface area (Å²) >= 11 is 0. The van der Waals surface area contributed by atoms with Gasteiger partial charge in [0.05, 0.1) is 24.4 Å². The van der Waals surface area contributed by atoms with Crippen LogP contribution in [0.1, 0.15) is 36.8 Å². The number of aliphatic hydroxyl groups is 1. The van der Waals surface area contributed by atoms with Gasteiger partial charge < -0.3 is 14.6 Å². The Morgan fingerprint density at radius 2 is 1.65 bits per heavy atom. The first-order valence-electron chi connectivity index (χ1n) is 6.91. The molecule has 1 N–H and O–H groups in total. The minimum absolute atomic E-state index is 0.217. The van der Waals surface area contributed by atoms with Gasteiger partial charge in [-0.1, -0.05) is 6.07 Å². The van der Waals surface area contributed by atoms with E-state index < -0.39 is 23.0 Å². The first-order valence-corrected chi connectivity index (χ1v) is 6.91. The lowest BCUT2D eigenvalue weighted by Gasteiger charge is -2.41. The van der Waals surface area contributed by atoms with E-state index in [2.05, 4.69) is 0 Å². The van der Waals surface area contributed by atoms with Gasteiger partial charge in [-0.3, -0.25) is 0 Å². The van der Waals surface area contributed by atoms with Crippen molar-refractivity contribution >= 4 is 0 Å². The molecule has 3 rings (SSSR count). The fourth-order valence-corrected chi connectivity index (χ4v) is 3.16. The Morgan fingerprint density at radius 1 is 1.05 bits per heavy atom. The largest absolute Gasteiger partial charge is 0.385 e. The highest BCUT2D eigenvalue weighted by atomic mass is 19.1. The van der Waals surface area contributed by atoms with Crippen molar-refractivity contribution in [3.8, 4) is 0 Å². The van der Waals surface area contributed by atoms with Crippen LogP contribution in [0.2, 0.25) is 0 Å². The molecule has 1 aliphatic heterocycles. The Labute approximate surface area is 116 Å². The lowest BCUT2D eigenvalue weighted by Crippen LogP contribution is -2.43. The lowest BCUT2D eigenvalue weighted by atomic mass is 9.76. The maximum atomic E-state index is 14.2. The van der Waals surface area contributed by atoms with Crippen LogP contribution < -0.4 is 0 Å². The van der Waals surface area contributed by atoms with Crippen LogP contribution in [0.15, 0.2) is 12.1 Å². The maximum Gasteiger partial charge on any atom is 0.168 e. The number of halogens is 2. The van der Waals surface area contributed by atoms with E-state index in [1.54, 1.807) is 6.92 Å². The average molecular weight is 284 g/mol. The standard InChI is InChI=1S/C15H18F2O3/c1-10-2-3-11(16)12(13(10)17)14(18)4-6-15(7-5-14)19-8-9-20-15/h2-3,18H,4-9H2,1H3. The van der Waals surface area contributed by atoms with Crippen LogP contribution in [-0.4, -0.2) is 24.1 Å². The molecular weight excluding hydrogens is 266 g/mol. The highest BCUT2D eigenvalue weighted by molar-refractivity contribution is 5.32. The number of rotatable bonds is 1. The van der Waals surface area contributed by atoms with Gasteiger partial charge in [0.15, 0.2) is 5.79 Å². The van der Waals surface area contributed by atoms with E-state index in [1.165, 1.54) is 12.1 Å². The summed E-state index contributed by atoms with van der Waals surface area (Å²) < 4.78 is 39.3. The molecule has 0 bridgehead atoms. The van der Waals surface area contributed by atoms with Crippen molar-refractivity contribution < 1.29 is 23.4 Å². The minimum Gasteiger partial charge on any atom is -0.385 e. The predicted octanol–water partition coefficient (Wildman–Crippen LogP) is 2.78. The molecule has 110 valence electrons. The van der Waals surface area contributed by atoms with Crippen LogP contribution in [0.3, 0.4) is 0 Å². The molecule has 1 aliphatic carbocycles. The zero-order chi connectivity index (χ0) is 14.4. The Bertz CT molecular complexity index is 514. The number of hydrogen-bond acceptors (Lipinski definition) is 3. The Morgan fingerprint density at radius 3 is 2.25 bits per heavy atom. The molecule has 0 amide bonds. The summed E-state index contributed by atoms with van der Waals surface area (Å²) in [7, 11) is 0. The molecule has 0 radical (unpaired) electrons. The summed E-state index contributed by atoms with van der Waals surface area (Å²) in [5.41, 5.74) is -1.37. The normalized spacial score (nSPS) is 24.2. The third kappa shape index (κ3) is 2.14. The number of hydrogen-bond donors (Lipinski definition) is 1. The zero-order valence-corrected chi connectivity index (χ0v) is 11.4. The van der Waals surface area contributed by atoms with E-state index in [0.717, 1.165) is 0 Å². The maximum absolute atomic E-state index is 14.2. The molecular formula is C15H18F2O3. The molecule has 2 aliphatic rings. The summed E-state index contributed by atoms with van der Waals surface area (Å²) in [5, 5.41) is 10.7. The molecule has 2 fully saturated rings. The SMILES string of the molecule is Cc1ccc(F)c(C2(O)CCC3(CC2)OCCO3)c1F. The van der Waals surface area contributed by atoms with Gasteiger partial charge in [-0.15, -0.1) is 0 Å². The smallest absolute Gasteiger partial charge is 0.168 e. The second kappa shape index (κ2) is 4.76. The molecule has 5 heteroatoms. The molecule has 1 saturated carbocycles. The fourth-order valence-electron chi connectivity index (χ4n) is 3.16. The van der Waals surface area contributed by atoms with Crippen molar-refractivity contribution in [3.63, 3.8) is 0 Å². The third-order valence-corrected chi connectivity index (χ3v) is 4.40. The van der Waals surface area contributed by atoms with E-state index in [1.807, 2.05) is 0 Å². The number of benzene rings is 1. The monoisotopic (exact) mass is 284 g/mol. The molecule has 20 heavy (non-hydrogen) atoms. The highest BCUT2D eigenvalue weighted by Crippen LogP contribution is 2.46. The summed E-state index contributed by atoms with van der Waals surface area (Å²) in [5.74, 6) is -2.01. The van der Waals surface area contributed by atoms with Gasteiger partial charge in [-0.25, -0.2) is 8.78 Å². The Kier molecular flexibility index (Phi) is 3.31. The van der Waals surface area contributed by atoms with Crippen LogP contribution in [-0.2, 0) is 15.1 Å². The predicted molar refractivity (Wildman–Crippen MR) is 68.1 cm³/mol. The summed E-state index contributed by atoms with van der Waals surface area (Å²) in [6.07, 6.45) is 1.33. The number of aryl methyl sites for hydroxylation is 1. The first kappa shape index (κ1) is 13.9. The highest BCUT2D eigenvalue weighted by Gasteiger charge is 2.48. The van der Waals surface area contributed by atoms with Gasteiger partial charge >= 0.3 is 0 Å². The van der Waals surface area contributed by atoms with E-state index in [4.69, 9.17) is 9.47 Å². The van der Waals surface area contributed by atoms with E-state index in [-0.39, 0.29) is 18.4 Å². The quantitative estimate of drug-likeness (QED) is 0.862. The van der Waals surface area contributed by atoms with Gasteiger partial charge in [0.2, 0.25) is 0 Å². The molecule has 1 saturated heterocycles. The molecule has 1 aromatic carbocycles. The Hall–Kier alpha value is -1.04. The van der Waals surface area contributed by atoms with E-state index in [9.17, 15) is 13.9 Å². The van der Waals surface area contributed by atoms with Crippen molar-refractivity contribution in [3.05, 3.63) is 34.9 Å². The van der Waals surface area contributed by atoms with Gasteiger partial charge in [0, 0.05) is 12.8 Å². The van der Waals surface area contributed by atoms with Gasteiger partial charge in [0.25, 0.3) is 0 Å². The summed E-state index contributed by atoms with van der Waals surface area (Å²) in [6, 6.07) is 2.59. The van der Waals surface area contributed by atoms with Crippen LogP contribution in [0.5, 0.6) is 0 Å². The van der Waals surface area contributed by atoms with Crippen LogP contribution >= 0.6 is 0 Å². The van der Waals surface area contributed by atoms with Crippen molar-refractivity contribution in [1.29, 1.82) is 0 Å². The summed E-state index contributed by atoms with van der Waals surface area (Å²) in [4.78, 5) is 0. The molecule has 1 spiro atoms. The minimum atomic E-state index is -1.49. The topological polar surface area (TPSA) is 38.7 Å². The fraction of sp³-hybridized carbons (Fsp3) is 0.600. The zero-order valence-electron chi connectivity index (χ0n) is 11.4. The van der Waals surface area contributed by atoms with Crippen LogP contribution in [0.4, 0.5) is 8.78 Å². The van der Waals surface area contributed by atoms with Crippen molar-refractivity contribution in [2.24, 2.45) is 0 Å². The van der Waals surface area contributed by atoms with Gasteiger partial charge in [0.1, 0.15) is 11.6 Å². The lowest BCUT2D eigenvalue weighted by molar-refractivity contribution is -0.205. The third-order valence-electron chi connectivity index (χ3n) is 4.40. The molecule has 0 unspecified atom stereocenters. The average Bonchev–Trinajstić information content (AvgIpc) is 2.88. The van der Waals surface area contributed by atoms with Gasteiger partial charge in [-0.05, 0) is 31.4 Å². The summed E-state index contributed by atoms with van der Waals surface area (Å²) in [6.45, 7) is 2.63. The molecule has 1 heterocycles. The number of ether oxygens (including phenoxy) is 2. The van der Waals surface area contributed by atoms with E-state index >= 15 is 0 Å². The van der Waals surface area contributed by atoms with Gasteiger partial charge in [-0.2, -0.15) is 0 Å². The molecule has 1 aromatic rings. The second-order valence-electron chi connectivity index (χ2n) is 5.69. The van der Waals surface area contributed by atoms with Crippen LogP contribution in [0.25, 0.3) is 0 Å². The molecule has 3 nitrogen and oxygen atoms in total. The van der Waals surface area contributed by atoms with Crippen molar-refractivity contribution in [2.45, 2.75) is 44.0 Å². The first-order chi connectivity index (χ1) is 9.46. The van der Waals surface area contributed by atoms with Crippen molar-refractivity contribution in [1.82, 2.24) is 0 Å². The van der Waals surface area contributed by atoms with Crippen LogP contribution in [0, 0.1) is 18.6 Å².